The van der Waals surface area contributed by atoms with E-state index >= 15 is 0 Å². The zero-order valence-corrected chi connectivity index (χ0v) is 10.4. The summed E-state index contributed by atoms with van der Waals surface area (Å²) in [6, 6.07) is 3.94. The van der Waals surface area contributed by atoms with Crippen molar-refractivity contribution < 1.29 is 5.11 Å². The van der Waals surface area contributed by atoms with Crippen LogP contribution in [0, 0.1) is 6.92 Å². The van der Waals surface area contributed by atoms with Crippen LogP contribution in [0.3, 0.4) is 0 Å². The molecule has 0 amide bonds. The van der Waals surface area contributed by atoms with Crippen LogP contribution < -0.4 is 5.32 Å². The Labute approximate surface area is 100 Å². The Morgan fingerprint density at radius 1 is 1.53 bits per heavy atom. The number of hydrogen-bond donors (Lipinski definition) is 2. The van der Waals surface area contributed by atoms with Crippen LogP contribution in [0.15, 0.2) is 18.3 Å². The standard InChI is InChI=1S/C12H18N4O/c1-4-12(3,8-17)14-11-13-10-9(2)6-5-7-16(10)15-11/h5-7,17H,4,8H2,1-3H3,(H,14,15). The number of aliphatic hydroxyl groups is 1. The van der Waals surface area contributed by atoms with Gasteiger partial charge in [0.15, 0.2) is 5.65 Å². The first kappa shape index (κ1) is 11.9. The number of aromatic nitrogens is 3. The van der Waals surface area contributed by atoms with E-state index in [-0.39, 0.29) is 12.1 Å². The first-order valence-corrected chi connectivity index (χ1v) is 5.79. The maximum atomic E-state index is 9.35. The molecule has 5 heteroatoms. The second-order valence-corrected chi connectivity index (χ2v) is 4.59. The highest BCUT2D eigenvalue weighted by Crippen LogP contribution is 2.16. The quantitative estimate of drug-likeness (QED) is 0.843. The first-order valence-electron chi connectivity index (χ1n) is 5.79. The molecule has 1 atom stereocenters. The molecule has 2 heterocycles. The van der Waals surface area contributed by atoms with Crippen molar-refractivity contribution >= 4 is 11.6 Å². The molecule has 0 aliphatic carbocycles. The molecule has 0 aromatic carbocycles. The average Bonchev–Trinajstić information content (AvgIpc) is 2.73. The van der Waals surface area contributed by atoms with Gasteiger partial charge in [-0.3, -0.25) is 0 Å². The molecule has 92 valence electrons. The molecule has 0 saturated carbocycles. The maximum absolute atomic E-state index is 9.35. The number of fused-ring (bicyclic) bond motifs is 1. The number of nitrogens with one attached hydrogen (secondary N) is 1. The normalized spacial score (nSPS) is 14.8. The third-order valence-corrected chi connectivity index (χ3v) is 3.10. The zero-order valence-electron chi connectivity index (χ0n) is 10.4. The Morgan fingerprint density at radius 3 is 2.88 bits per heavy atom. The predicted octanol–water partition coefficient (Wildman–Crippen LogP) is 1.61. The lowest BCUT2D eigenvalue weighted by Crippen LogP contribution is -2.38. The van der Waals surface area contributed by atoms with Crippen molar-refractivity contribution in [3.05, 3.63) is 23.9 Å². The highest BCUT2D eigenvalue weighted by Gasteiger charge is 2.22. The lowest BCUT2D eigenvalue weighted by molar-refractivity contribution is 0.218. The third-order valence-electron chi connectivity index (χ3n) is 3.10. The highest BCUT2D eigenvalue weighted by molar-refractivity contribution is 5.50. The fourth-order valence-electron chi connectivity index (χ4n) is 1.60. The Balaban J connectivity index is 2.34. The highest BCUT2D eigenvalue weighted by atomic mass is 16.3. The summed E-state index contributed by atoms with van der Waals surface area (Å²) in [5.74, 6) is 0.553. The van der Waals surface area contributed by atoms with Crippen molar-refractivity contribution in [2.24, 2.45) is 0 Å². The molecule has 0 saturated heterocycles. The third kappa shape index (κ3) is 2.24. The Morgan fingerprint density at radius 2 is 2.29 bits per heavy atom. The molecule has 0 fully saturated rings. The monoisotopic (exact) mass is 234 g/mol. The number of nitrogens with zero attached hydrogens (tertiary/aromatic N) is 3. The molecule has 5 nitrogen and oxygen atoms in total. The van der Waals surface area contributed by atoms with Gasteiger partial charge in [0, 0.05) is 6.20 Å². The summed E-state index contributed by atoms with van der Waals surface area (Å²) >= 11 is 0. The number of rotatable bonds is 4. The van der Waals surface area contributed by atoms with Crippen LogP contribution >= 0.6 is 0 Å². The number of hydrogen-bond acceptors (Lipinski definition) is 4. The Hall–Kier alpha value is -1.62. The SMILES string of the molecule is CCC(C)(CO)Nc1nc2c(C)cccn2n1. The summed E-state index contributed by atoms with van der Waals surface area (Å²) in [5, 5.41) is 16.9. The molecule has 0 radical (unpaired) electrons. The molecule has 1 unspecified atom stereocenters. The van der Waals surface area contributed by atoms with Crippen LogP contribution in [0.2, 0.25) is 0 Å². The summed E-state index contributed by atoms with van der Waals surface area (Å²) < 4.78 is 1.74. The summed E-state index contributed by atoms with van der Waals surface area (Å²) in [6.07, 6.45) is 2.67. The van der Waals surface area contributed by atoms with Gasteiger partial charge < -0.3 is 10.4 Å². The van der Waals surface area contributed by atoms with Crippen molar-refractivity contribution in [2.45, 2.75) is 32.7 Å². The van der Waals surface area contributed by atoms with Crippen molar-refractivity contribution in [3.8, 4) is 0 Å². The van der Waals surface area contributed by atoms with Gasteiger partial charge in [0.25, 0.3) is 0 Å². The van der Waals surface area contributed by atoms with E-state index in [1.54, 1.807) is 4.52 Å². The largest absolute Gasteiger partial charge is 0.394 e. The molecule has 17 heavy (non-hydrogen) atoms. The summed E-state index contributed by atoms with van der Waals surface area (Å²) in [6.45, 7) is 6.02. The fraction of sp³-hybridized carbons (Fsp3) is 0.500. The van der Waals surface area contributed by atoms with Crippen molar-refractivity contribution in [1.29, 1.82) is 0 Å². The average molecular weight is 234 g/mol. The van der Waals surface area contributed by atoms with Crippen LogP contribution in [0.5, 0.6) is 0 Å². The van der Waals surface area contributed by atoms with Gasteiger partial charge in [-0.05, 0) is 31.9 Å². The van der Waals surface area contributed by atoms with E-state index in [0.29, 0.717) is 5.95 Å². The predicted molar refractivity (Wildman–Crippen MR) is 67.1 cm³/mol. The van der Waals surface area contributed by atoms with Gasteiger partial charge in [-0.25, -0.2) is 4.52 Å². The molecule has 0 bridgehead atoms. The van der Waals surface area contributed by atoms with E-state index in [2.05, 4.69) is 15.4 Å². The number of aliphatic hydroxyl groups excluding tert-OH is 1. The molecule has 2 N–H and O–H groups in total. The van der Waals surface area contributed by atoms with E-state index in [0.717, 1.165) is 17.6 Å². The second kappa shape index (κ2) is 4.33. The van der Waals surface area contributed by atoms with Gasteiger partial charge in [-0.15, -0.1) is 5.10 Å². The first-order chi connectivity index (χ1) is 8.08. The van der Waals surface area contributed by atoms with E-state index < -0.39 is 0 Å². The summed E-state index contributed by atoms with van der Waals surface area (Å²) in [5.41, 5.74) is 1.54. The Kier molecular flexibility index (Phi) is 3.02. The van der Waals surface area contributed by atoms with Crippen molar-refractivity contribution in [1.82, 2.24) is 14.6 Å². The van der Waals surface area contributed by atoms with Gasteiger partial charge in [0.1, 0.15) is 0 Å². The van der Waals surface area contributed by atoms with Crippen molar-refractivity contribution in [2.75, 3.05) is 11.9 Å². The fourth-order valence-corrected chi connectivity index (χ4v) is 1.60. The van der Waals surface area contributed by atoms with Gasteiger partial charge in [-0.1, -0.05) is 13.0 Å². The van der Waals surface area contributed by atoms with E-state index in [9.17, 15) is 5.11 Å². The minimum Gasteiger partial charge on any atom is -0.394 e. The zero-order chi connectivity index (χ0) is 12.5. The minimum atomic E-state index is -0.376. The lowest BCUT2D eigenvalue weighted by atomic mass is 10.0. The van der Waals surface area contributed by atoms with Gasteiger partial charge in [0.05, 0.1) is 12.1 Å². The molecular weight excluding hydrogens is 216 g/mol. The number of pyridine rings is 1. The summed E-state index contributed by atoms with van der Waals surface area (Å²) in [4.78, 5) is 4.42. The Bertz CT molecular complexity index is 516. The van der Waals surface area contributed by atoms with Crippen LogP contribution in [-0.2, 0) is 0 Å². The molecule has 2 aromatic rings. The number of aryl methyl sites for hydroxylation is 1. The van der Waals surface area contributed by atoms with E-state index in [1.165, 1.54) is 0 Å². The smallest absolute Gasteiger partial charge is 0.243 e. The molecule has 0 spiro atoms. The van der Waals surface area contributed by atoms with Gasteiger partial charge in [-0.2, -0.15) is 4.98 Å². The molecule has 0 aliphatic heterocycles. The minimum absolute atomic E-state index is 0.0536. The second-order valence-electron chi connectivity index (χ2n) is 4.59. The van der Waals surface area contributed by atoms with E-state index in [4.69, 9.17) is 0 Å². The van der Waals surface area contributed by atoms with Crippen molar-refractivity contribution in [3.63, 3.8) is 0 Å². The maximum Gasteiger partial charge on any atom is 0.243 e. The number of anilines is 1. The van der Waals surface area contributed by atoms with E-state index in [1.807, 2.05) is 39.1 Å². The van der Waals surface area contributed by atoms with Gasteiger partial charge in [0.2, 0.25) is 5.95 Å². The molecule has 2 rings (SSSR count). The topological polar surface area (TPSA) is 62.5 Å². The van der Waals surface area contributed by atoms with Crippen LogP contribution in [0.4, 0.5) is 5.95 Å². The van der Waals surface area contributed by atoms with Crippen LogP contribution in [0.1, 0.15) is 25.8 Å². The summed E-state index contributed by atoms with van der Waals surface area (Å²) in [7, 11) is 0. The van der Waals surface area contributed by atoms with Crippen LogP contribution in [-0.4, -0.2) is 31.9 Å². The van der Waals surface area contributed by atoms with Crippen LogP contribution in [0.25, 0.3) is 5.65 Å². The molecular formula is C12H18N4O. The lowest BCUT2D eigenvalue weighted by Gasteiger charge is -2.26. The molecule has 0 aliphatic rings. The molecule has 2 aromatic heterocycles. The van der Waals surface area contributed by atoms with Gasteiger partial charge >= 0.3 is 0 Å².